The van der Waals surface area contributed by atoms with Crippen molar-refractivity contribution in [2.45, 2.75) is 46.8 Å². The Kier molecular flexibility index (Phi) is 6.72. The summed E-state index contributed by atoms with van der Waals surface area (Å²) in [5, 5.41) is 12.8. The van der Waals surface area contributed by atoms with Crippen LogP contribution in [0.4, 0.5) is 4.39 Å². The Bertz CT molecular complexity index is 1480. The van der Waals surface area contributed by atoms with Gasteiger partial charge in [0, 0.05) is 10.9 Å². The molecule has 1 aromatic carbocycles. The van der Waals surface area contributed by atoms with Crippen LogP contribution in [0.25, 0.3) is 16.9 Å². The third kappa shape index (κ3) is 5.09. The van der Waals surface area contributed by atoms with Crippen LogP contribution in [-0.2, 0) is 12.2 Å². The number of aryl methyl sites for hydroxylation is 3. The molecule has 35 heavy (non-hydrogen) atoms. The summed E-state index contributed by atoms with van der Waals surface area (Å²) in [5.74, 6) is -0.231. The highest BCUT2D eigenvalue weighted by molar-refractivity contribution is 7.09. The molecule has 0 bridgehead atoms. The Morgan fingerprint density at radius 1 is 1.20 bits per heavy atom. The van der Waals surface area contributed by atoms with Crippen LogP contribution in [0.15, 0.2) is 34.6 Å². The van der Waals surface area contributed by atoms with Gasteiger partial charge in [0.1, 0.15) is 23.7 Å². The van der Waals surface area contributed by atoms with Crippen molar-refractivity contribution >= 4 is 22.9 Å². The molecule has 182 valence electrons. The minimum atomic E-state index is -1.35. The highest BCUT2D eigenvalue weighted by Crippen LogP contribution is 2.28. The van der Waals surface area contributed by atoms with Crippen LogP contribution >= 0.6 is 22.9 Å². The first-order valence-electron chi connectivity index (χ1n) is 10.7. The van der Waals surface area contributed by atoms with E-state index in [1.165, 1.54) is 29.8 Å². The second-order valence-corrected chi connectivity index (χ2v) is 9.96. The number of hydrogen-bond donors (Lipinski definition) is 1. The maximum atomic E-state index is 14.7. The highest BCUT2D eigenvalue weighted by atomic mass is 35.5. The second-order valence-electron chi connectivity index (χ2n) is 8.52. The molecule has 0 saturated heterocycles. The van der Waals surface area contributed by atoms with Gasteiger partial charge in [0.15, 0.2) is 16.7 Å². The minimum absolute atomic E-state index is 0.00152. The predicted molar refractivity (Wildman–Crippen MR) is 132 cm³/mol. The minimum Gasteiger partial charge on any atom is -0.470 e. The largest absolute Gasteiger partial charge is 0.470 e. The highest BCUT2D eigenvalue weighted by Gasteiger charge is 2.23. The normalized spacial score (nSPS) is 11.7. The average Bonchev–Trinajstić information content (AvgIpc) is 3.21. The lowest BCUT2D eigenvalue weighted by molar-refractivity contribution is 0.0686. The number of benzene rings is 1. The van der Waals surface area contributed by atoms with Crippen molar-refractivity contribution in [1.82, 2.24) is 24.5 Å². The van der Waals surface area contributed by atoms with Crippen LogP contribution in [0.1, 0.15) is 41.8 Å². The SMILES string of the molecule is Cc1nc(COc2nc(C)n(-c3cc(-c4nc(C(C)(C)O)ncc4F)ccc3C)c(=O)c2Cl)cs1. The Morgan fingerprint density at radius 3 is 2.60 bits per heavy atom. The van der Waals surface area contributed by atoms with Gasteiger partial charge in [0.25, 0.3) is 5.56 Å². The lowest BCUT2D eigenvalue weighted by atomic mass is 10.1. The molecule has 0 aliphatic carbocycles. The topological polar surface area (TPSA) is 103 Å². The van der Waals surface area contributed by atoms with Crippen molar-refractivity contribution in [3.63, 3.8) is 0 Å². The molecule has 3 heterocycles. The molecule has 0 fully saturated rings. The van der Waals surface area contributed by atoms with E-state index in [1.54, 1.807) is 25.1 Å². The van der Waals surface area contributed by atoms with E-state index < -0.39 is 17.0 Å². The van der Waals surface area contributed by atoms with Gasteiger partial charge in [-0.05, 0) is 46.2 Å². The number of hydrogen-bond acceptors (Lipinski definition) is 8. The van der Waals surface area contributed by atoms with E-state index in [1.807, 2.05) is 19.2 Å². The lowest BCUT2D eigenvalue weighted by Gasteiger charge is -2.18. The molecule has 4 rings (SSSR count). The Balaban J connectivity index is 1.76. The van der Waals surface area contributed by atoms with Gasteiger partial charge < -0.3 is 9.84 Å². The molecule has 0 amide bonds. The lowest BCUT2D eigenvalue weighted by Crippen LogP contribution is -2.24. The first-order valence-corrected chi connectivity index (χ1v) is 11.9. The molecule has 0 aliphatic heterocycles. The summed E-state index contributed by atoms with van der Waals surface area (Å²) >= 11 is 7.84. The van der Waals surface area contributed by atoms with Crippen molar-refractivity contribution in [2.75, 3.05) is 0 Å². The first-order chi connectivity index (χ1) is 16.5. The Labute approximate surface area is 210 Å². The van der Waals surface area contributed by atoms with E-state index in [2.05, 4.69) is 19.9 Å². The summed E-state index contributed by atoms with van der Waals surface area (Å²) in [7, 11) is 0. The molecule has 11 heteroatoms. The van der Waals surface area contributed by atoms with Crippen LogP contribution in [0.3, 0.4) is 0 Å². The van der Waals surface area contributed by atoms with E-state index in [4.69, 9.17) is 16.3 Å². The molecule has 4 aromatic rings. The van der Waals surface area contributed by atoms with Crippen LogP contribution in [0.5, 0.6) is 5.88 Å². The van der Waals surface area contributed by atoms with Crippen molar-refractivity contribution in [3.8, 4) is 22.8 Å². The summed E-state index contributed by atoms with van der Waals surface area (Å²) in [4.78, 5) is 30.1. The van der Waals surface area contributed by atoms with Gasteiger partial charge in [0.05, 0.1) is 22.6 Å². The summed E-state index contributed by atoms with van der Waals surface area (Å²) in [6.45, 7) is 8.51. The monoisotopic (exact) mass is 515 g/mol. The average molecular weight is 516 g/mol. The number of ether oxygens (including phenoxy) is 1. The molecular formula is C24H23ClFN5O3S. The van der Waals surface area contributed by atoms with Crippen LogP contribution in [0, 0.1) is 26.6 Å². The fraction of sp³-hybridized carbons (Fsp3) is 0.292. The van der Waals surface area contributed by atoms with E-state index >= 15 is 0 Å². The Morgan fingerprint density at radius 2 is 1.94 bits per heavy atom. The molecule has 0 aliphatic rings. The zero-order chi connectivity index (χ0) is 25.5. The molecule has 0 atom stereocenters. The smallest absolute Gasteiger partial charge is 0.280 e. The standard InChI is InChI=1S/C24H23ClFN5O3S/c1-12-6-7-15(20-17(26)9-27-23(30-20)24(4,5)33)8-18(12)31-13(2)28-21(19(25)22(31)32)34-10-16-11-35-14(3)29-16/h6-9,11,33H,10H2,1-5H3. The van der Waals surface area contributed by atoms with Gasteiger partial charge in [0.2, 0.25) is 5.88 Å². The number of halogens is 2. The fourth-order valence-corrected chi connectivity index (χ4v) is 4.22. The molecular weight excluding hydrogens is 493 g/mol. The Hall–Kier alpha value is -3.21. The first kappa shape index (κ1) is 24.9. The summed E-state index contributed by atoms with van der Waals surface area (Å²) in [5.41, 5.74) is 0.439. The predicted octanol–water partition coefficient (Wildman–Crippen LogP) is 4.67. The van der Waals surface area contributed by atoms with E-state index in [9.17, 15) is 14.3 Å². The summed E-state index contributed by atoms with van der Waals surface area (Å²) < 4.78 is 21.7. The van der Waals surface area contributed by atoms with Crippen molar-refractivity contribution in [3.05, 3.63) is 78.9 Å². The van der Waals surface area contributed by atoms with Gasteiger partial charge in [-0.2, -0.15) is 4.98 Å². The maximum absolute atomic E-state index is 14.7. The number of aromatic nitrogens is 5. The van der Waals surface area contributed by atoms with E-state index in [0.717, 1.165) is 16.8 Å². The number of thiazole rings is 1. The second kappa shape index (κ2) is 9.44. The van der Waals surface area contributed by atoms with Gasteiger partial charge in [-0.15, -0.1) is 11.3 Å². The third-order valence-electron chi connectivity index (χ3n) is 5.20. The zero-order valence-corrected chi connectivity index (χ0v) is 21.3. The van der Waals surface area contributed by atoms with Gasteiger partial charge in [-0.3, -0.25) is 9.36 Å². The molecule has 3 aromatic heterocycles. The third-order valence-corrected chi connectivity index (χ3v) is 6.35. The molecule has 8 nitrogen and oxygen atoms in total. The van der Waals surface area contributed by atoms with Gasteiger partial charge >= 0.3 is 0 Å². The maximum Gasteiger partial charge on any atom is 0.280 e. The van der Waals surface area contributed by atoms with E-state index in [-0.39, 0.29) is 29.0 Å². The molecule has 0 unspecified atom stereocenters. The van der Waals surface area contributed by atoms with E-state index in [0.29, 0.717) is 22.8 Å². The number of nitrogens with zero attached hydrogens (tertiary/aromatic N) is 5. The quantitative estimate of drug-likeness (QED) is 0.398. The summed E-state index contributed by atoms with van der Waals surface area (Å²) in [6.07, 6.45) is 1.01. The van der Waals surface area contributed by atoms with Crippen molar-refractivity contribution < 1.29 is 14.2 Å². The molecule has 1 N–H and O–H groups in total. The van der Waals surface area contributed by atoms with Gasteiger partial charge in [-0.25, -0.2) is 19.3 Å². The van der Waals surface area contributed by atoms with Crippen molar-refractivity contribution in [1.29, 1.82) is 0 Å². The zero-order valence-electron chi connectivity index (χ0n) is 19.8. The molecule has 0 spiro atoms. The molecule has 0 radical (unpaired) electrons. The molecule has 0 saturated carbocycles. The number of rotatable bonds is 6. The summed E-state index contributed by atoms with van der Waals surface area (Å²) in [6, 6.07) is 5.05. The van der Waals surface area contributed by atoms with Crippen molar-refractivity contribution in [2.24, 2.45) is 0 Å². The van der Waals surface area contributed by atoms with Gasteiger partial charge in [-0.1, -0.05) is 23.7 Å². The van der Waals surface area contributed by atoms with Crippen LogP contribution in [-0.4, -0.2) is 29.6 Å². The number of aliphatic hydroxyl groups is 1. The fourth-order valence-electron chi connectivity index (χ4n) is 3.44. The van der Waals surface area contributed by atoms with Crippen LogP contribution in [0.2, 0.25) is 5.02 Å². The van der Waals surface area contributed by atoms with Crippen LogP contribution < -0.4 is 10.3 Å².